The molecule has 0 bridgehead atoms. The lowest BCUT2D eigenvalue weighted by Gasteiger charge is -2.13. The number of nitrogens with one attached hydrogen (secondary N) is 1. The quantitative estimate of drug-likeness (QED) is 0.547. The number of hydrogen-bond donors (Lipinski definition) is 1. The van der Waals surface area contributed by atoms with Gasteiger partial charge in [0.1, 0.15) is 11.5 Å². The summed E-state index contributed by atoms with van der Waals surface area (Å²) in [4.78, 5) is 13.7. The van der Waals surface area contributed by atoms with E-state index in [1.54, 1.807) is 18.2 Å². The predicted molar refractivity (Wildman–Crippen MR) is 125 cm³/mol. The standard InChI is InChI=1S/C24H23NO4S2/c1-17-5-4-6-20(15-17)29-19-11-9-18(10-12-19)25-24(26)22-7-2-3-8-23(22)30-21-13-14-31(27,28)16-21/h2-12,15,21H,13-14,16H2,1H3,(H,25,26). The average Bonchev–Trinajstić information content (AvgIpc) is 3.08. The Morgan fingerprint density at radius 3 is 2.48 bits per heavy atom. The summed E-state index contributed by atoms with van der Waals surface area (Å²) < 4.78 is 29.3. The Balaban J connectivity index is 1.42. The molecule has 5 nitrogen and oxygen atoms in total. The largest absolute Gasteiger partial charge is 0.457 e. The van der Waals surface area contributed by atoms with E-state index >= 15 is 0 Å². The van der Waals surface area contributed by atoms with E-state index in [0.717, 1.165) is 16.2 Å². The van der Waals surface area contributed by atoms with E-state index in [0.29, 0.717) is 23.4 Å². The third-order valence-corrected chi connectivity index (χ3v) is 8.28. The predicted octanol–water partition coefficient (Wildman–Crippen LogP) is 5.32. The van der Waals surface area contributed by atoms with Gasteiger partial charge in [-0.05, 0) is 67.4 Å². The lowest BCUT2D eigenvalue weighted by atomic mass is 10.2. The number of benzene rings is 3. The molecule has 0 aromatic heterocycles. The van der Waals surface area contributed by atoms with E-state index in [2.05, 4.69) is 5.32 Å². The third-order valence-electron chi connectivity index (χ3n) is 4.95. The molecular formula is C24H23NO4S2. The molecule has 0 saturated carbocycles. The van der Waals surface area contributed by atoms with Crippen molar-refractivity contribution < 1.29 is 17.9 Å². The molecule has 1 N–H and O–H groups in total. The van der Waals surface area contributed by atoms with Gasteiger partial charge in [0, 0.05) is 15.8 Å². The van der Waals surface area contributed by atoms with Crippen LogP contribution in [0.2, 0.25) is 0 Å². The molecule has 1 atom stereocenters. The summed E-state index contributed by atoms with van der Waals surface area (Å²) in [5, 5.41) is 2.90. The average molecular weight is 454 g/mol. The summed E-state index contributed by atoms with van der Waals surface area (Å²) in [5.74, 6) is 1.60. The number of thioether (sulfide) groups is 1. The number of carbonyl (C=O) groups excluding carboxylic acids is 1. The first kappa shape index (κ1) is 21.5. The molecule has 1 heterocycles. The van der Waals surface area contributed by atoms with Crippen molar-refractivity contribution in [2.24, 2.45) is 0 Å². The summed E-state index contributed by atoms with van der Waals surface area (Å²) in [6.07, 6.45) is 0.616. The van der Waals surface area contributed by atoms with Crippen LogP contribution in [0.4, 0.5) is 5.69 Å². The lowest BCUT2D eigenvalue weighted by Crippen LogP contribution is -2.14. The lowest BCUT2D eigenvalue weighted by molar-refractivity contribution is 0.102. The SMILES string of the molecule is Cc1cccc(Oc2ccc(NC(=O)c3ccccc3SC3CCS(=O)(=O)C3)cc2)c1. The molecular weight excluding hydrogens is 430 g/mol. The molecule has 7 heteroatoms. The molecule has 0 spiro atoms. The molecule has 0 aliphatic carbocycles. The van der Waals surface area contributed by atoms with Crippen LogP contribution < -0.4 is 10.1 Å². The minimum absolute atomic E-state index is 0.0167. The van der Waals surface area contributed by atoms with Crippen LogP contribution in [0.5, 0.6) is 11.5 Å². The highest BCUT2D eigenvalue weighted by Gasteiger charge is 2.29. The number of amides is 1. The van der Waals surface area contributed by atoms with Crippen LogP contribution in [0, 0.1) is 6.92 Å². The highest BCUT2D eigenvalue weighted by atomic mass is 32.2. The molecule has 4 rings (SSSR count). The van der Waals surface area contributed by atoms with E-state index in [4.69, 9.17) is 4.74 Å². The third kappa shape index (κ3) is 5.68. The monoisotopic (exact) mass is 453 g/mol. The van der Waals surface area contributed by atoms with Gasteiger partial charge < -0.3 is 10.1 Å². The molecule has 1 aliphatic heterocycles. The zero-order chi connectivity index (χ0) is 21.8. The maximum atomic E-state index is 12.9. The van der Waals surface area contributed by atoms with Gasteiger partial charge in [-0.3, -0.25) is 4.79 Å². The van der Waals surface area contributed by atoms with E-state index in [-0.39, 0.29) is 22.7 Å². The van der Waals surface area contributed by atoms with Crippen molar-refractivity contribution >= 4 is 33.2 Å². The summed E-state index contributed by atoms with van der Waals surface area (Å²) >= 11 is 1.46. The molecule has 3 aromatic carbocycles. The molecule has 1 amide bonds. The minimum atomic E-state index is -2.96. The van der Waals surface area contributed by atoms with Gasteiger partial charge in [-0.25, -0.2) is 8.42 Å². The maximum absolute atomic E-state index is 12.9. The van der Waals surface area contributed by atoms with Crippen molar-refractivity contribution in [1.82, 2.24) is 0 Å². The van der Waals surface area contributed by atoms with E-state index in [9.17, 15) is 13.2 Å². The first-order valence-electron chi connectivity index (χ1n) is 10.00. The summed E-state index contributed by atoms with van der Waals surface area (Å²) in [5.41, 5.74) is 2.31. The number of ether oxygens (including phenoxy) is 1. The molecule has 3 aromatic rings. The zero-order valence-electron chi connectivity index (χ0n) is 17.1. The zero-order valence-corrected chi connectivity index (χ0v) is 18.7. The molecule has 1 unspecified atom stereocenters. The first-order chi connectivity index (χ1) is 14.9. The van der Waals surface area contributed by atoms with Crippen molar-refractivity contribution in [3.05, 3.63) is 83.9 Å². The summed E-state index contributed by atoms with van der Waals surface area (Å²) in [7, 11) is -2.96. The van der Waals surface area contributed by atoms with Crippen LogP contribution in [0.15, 0.2) is 77.7 Å². The molecule has 160 valence electrons. The fourth-order valence-electron chi connectivity index (χ4n) is 3.41. The Labute approximate surface area is 186 Å². The summed E-state index contributed by atoms with van der Waals surface area (Å²) in [6.45, 7) is 2.01. The second-order valence-corrected chi connectivity index (χ2v) is 11.1. The van der Waals surface area contributed by atoms with Crippen LogP contribution >= 0.6 is 11.8 Å². The van der Waals surface area contributed by atoms with Crippen LogP contribution in [0.3, 0.4) is 0 Å². The van der Waals surface area contributed by atoms with Gasteiger partial charge in [0.05, 0.1) is 17.1 Å². The normalized spacial score (nSPS) is 17.3. The van der Waals surface area contributed by atoms with Crippen molar-refractivity contribution in [3.8, 4) is 11.5 Å². The van der Waals surface area contributed by atoms with E-state index in [1.165, 1.54) is 11.8 Å². The first-order valence-corrected chi connectivity index (χ1v) is 12.7. The number of hydrogen-bond acceptors (Lipinski definition) is 5. The second-order valence-electron chi connectivity index (χ2n) is 7.54. The number of aryl methyl sites for hydroxylation is 1. The number of carbonyl (C=O) groups is 1. The van der Waals surface area contributed by atoms with Crippen molar-refractivity contribution in [2.75, 3.05) is 16.8 Å². The second kappa shape index (κ2) is 9.16. The van der Waals surface area contributed by atoms with Crippen molar-refractivity contribution in [1.29, 1.82) is 0 Å². The number of rotatable bonds is 6. The Bertz CT molecular complexity index is 1190. The fraction of sp³-hybridized carbons (Fsp3) is 0.208. The van der Waals surface area contributed by atoms with Gasteiger partial charge in [0.2, 0.25) is 0 Å². The summed E-state index contributed by atoms with van der Waals surface area (Å²) in [6, 6.07) is 22.3. The topological polar surface area (TPSA) is 72.5 Å². The Morgan fingerprint density at radius 1 is 1.00 bits per heavy atom. The van der Waals surface area contributed by atoms with Gasteiger partial charge in [0.25, 0.3) is 5.91 Å². The number of anilines is 1. The minimum Gasteiger partial charge on any atom is -0.457 e. The Morgan fingerprint density at radius 2 is 1.77 bits per heavy atom. The maximum Gasteiger partial charge on any atom is 0.256 e. The fourth-order valence-corrected chi connectivity index (χ4v) is 7.04. The van der Waals surface area contributed by atoms with Gasteiger partial charge in [-0.1, -0.05) is 24.3 Å². The van der Waals surface area contributed by atoms with Crippen LogP contribution in [0.1, 0.15) is 22.3 Å². The molecule has 0 radical (unpaired) electrons. The van der Waals surface area contributed by atoms with Gasteiger partial charge in [-0.2, -0.15) is 0 Å². The van der Waals surface area contributed by atoms with Gasteiger partial charge in [-0.15, -0.1) is 11.8 Å². The van der Waals surface area contributed by atoms with Crippen molar-refractivity contribution in [3.63, 3.8) is 0 Å². The Kier molecular flexibility index (Phi) is 6.34. The molecule has 31 heavy (non-hydrogen) atoms. The number of sulfone groups is 1. The Hall–Kier alpha value is -2.77. The van der Waals surface area contributed by atoms with Gasteiger partial charge in [0.15, 0.2) is 9.84 Å². The van der Waals surface area contributed by atoms with Crippen molar-refractivity contribution in [2.45, 2.75) is 23.5 Å². The van der Waals surface area contributed by atoms with Crippen LogP contribution in [-0.2, 0) is 9.84 Å². The van der Waals surface area contributed by atoms with Gasteiger partial charge >= 0.3 is 0 Å². The van der Waals surface area contributed by atoms with E-state index < -0.39 is 9.84 Å². The highest BCUT2D eigenvalue weighted by molar-refractivity contribution is 8.02. The molecule has 1 saturated heterocycles. The highest BCUT2D eigenvalue weighted by Crippen LogP contribution is 2.33. The molecule has 1 aliphatic rings. The van der Waals surface area contributed by atoms with Crippen LogP contribution in [0.25, 0.3) is 0 Å². The smallest absolute Gasteiger partial charge is 0.256 e. The van der Waals surface area contributed by atoms with E-state index in [1.807, 2.05) is 61.5 Å². The van der Waals surface area contributed by atoms with Crippen LogP contribution in [-0.4, -0.2) is 31.1 Å². The molecule has 1 fully saturated rings.